The van der Waals surface area contributed by atoms with E-state index in [0.717, 1.165) is 17.8 Å². The Morgan fingerprint density at radius 3 is 3.00 bits per heavy atom. The number of nitrogens with one attached hydrogen (secondary N) is 1. The first kappa shape index (κ1) is 14.6. The highest BCUT2D eigenvalue weighted by molar-refractivity contribution is 7.11. The summed E-state index contributed by atoms with van der Waals surface area (Å²) < 4.78 is 19.2. The Bertz CT molecular complexity index is 593. The van der Waals surface area contributed by atoms with Gasteiger partial charge in [-0.2, -0.15) is 0 Å². The summed E-state index contributed by atoms with van der Waals surface area (Å²) in [5.41, 5.74) is 1.85. The third-order valence-electron chi connectivity index (χ3n) is 3.73. The van der Waals surface area contributed by atoms with E-state index in [9.17, 15) is 4.39 Å². The van der Waals surface area contributed by atoms with Gasteiger partial charge in [0.25, 0.3) is 0 Å². The second-order valence-corrected chi connectivity index (χ2v) is 6.29. The largest absolute Gasteiger partial charge is 0.383 e. The summed E-state index contributed by atoms with van der Waals surface area (Å²) >= 11 is 1.71. The number of hydrogen-bond acceptors (Lipinski definition) is 4. The minimum absolute atomic E-state index is 0.192. The summed E-state index contributed by atoms with van der Waals surface area (Å²) in [4.78, 5) is 6.10. The predicted octanol–water partition coefficient (Wildman–Crippen LogP) is 3.10. The SMILES string of the molecule is COCCNC(c1nc2c(s1)CCC2)c1ccccc1F. The summed E-state index contributed by atoms with van der Waals surface area (Å²) in [6, 6.07) is 6.71. The normalized spacial score (nSPS) is 15.1. The maximum Gasteiger partial charge on any atom is 0.128 e. The van der Waals surface area contributed by atoms with Crippen LogP contribution in [0.4, 0.5) is 4.39 Å². The molecule has 2 aromatic rings. The fraction of sp³-hybridized carbons (Fsp3) is 0.438. The van der Waals surface area contributed by atoms with Gasteiger partial charge in [0.15, 0.2) is 0 Å². The number of nitrogens with zero attached hydrogens (tertiary/aromatic N) is 1. The Labute approximate surface area is 128 Å². The van der Waals surface area contributed by atoms with Gasteiger partial charge < -0.3 is 10.1 Å². The summed E-state index contributed by atoms with van der Waals surface area (Å²) in [7, 11) is 1.66. The minimum atomic E-state index is -0.197. The molecular formula is C16H19FN2OS. The molecule has 3 nitrogen and oxygen atoms in total. The topological polar surface area (TPSA) is 34.1 Å². The quantitative estimate of drug-likeness (QED) is 0.833. The van der Waals surface area contributed by atoms with Crippen molar-refractivity contribution in [3.8, 4) is 0 Å². The van der Waals surface area contributed by atoms with Crippen LogP contribution in [-0.4, -0.2) is 25.2 Å². The van der Waals surface area contributed by atoms with E-state index in [-0.39, 0.29) is 11.9 Å². The molecular weight excluding hydrogens is 287 g/mol. The lowest BCUT2D eigenvalue weighted by atomic mass is 10.1. The van der Waals surface area contributed by atoms with Crippen molar-refractivity contribution in [2.45, 2.75) is 25.3 Å². The van der Waals surface area contributed by atoms with Crippen molar-refractivity contribution < 1.29 is 9.13 Å². The molecule has 21 heavy (non-hydrogen) atoms. The van der Waals surface area contributed by atoms with Gasteiger partial charge in [0, 0.05) is 24.1 Å². The van der Waals surface area contributed by atoms with Gasteiger partial charge in [-0.1, -0.05) is 18.2 Å². The van der Waals surface area contributed by atoms with Crippen LogP contribution < -0.4 is 5.32 Å². The summed E-state index contributed by atoms with van der Waals surface area (Å²) in [6.45, 7) is 1.26. The lowest BCUT2D eigenvalue weighted by molar-refractivity contribution is 0.197. The van der Waals surface area contributed by atoms with Gasteiger partial charge in [-0.25, -0.2) is 9.37 Å². The van der Waals surface area contributed by atoms with Gasteiger partial charge in [-0.3, -0.25) is 0 Å². The minimum Gasteiger partial charge on any atom is -0.383 e. The van der Waals surface area contributed by atoms with E-state index in [0.29, 0.717) is 18.7 Å². The van der Waals surface area contributed by atoms with Crippen molar-refractivity contribution in [2.75, 3.05) is 20.3 Å². The van der Waals surface area contributed by atoms with Crippen LogP contribution >= 0.6 is 11.3 Å². The average molecular weight is 306 g/mol. The van der Waals surface area contributed by atoms with Crippen molar-refractivity contribution in [1.29, 1.82) is 0 Å². The van der Waals surface area contributed by atoms with Crippen molar-refractivity contribution >= 4 is 11.3 Å². The molecule has 112 valence electrons. The van der Waals surface area contributed by atoms with Gasteiger partial charge >= 0.3 is 0 Å². The second-order valence-electron chi connectivity index (χ2n) is 5.18. The molecule has 1 aromatic carbocycles. The third-order valence-corrected chi connectivity index (χ3v) is 4.95. The molecule has 0 saturated heterocycles. The van der Waals surface area contributed by atoms with Crippen molar-refractivity contribution in [1.82, 2.24) is 10.3 Å². The van der Waals surface area contributed by atoms with Gasteiger partial charge in [0.05, 0.1) is 18.3 Å². The lowest BCUT2D eigenvalue weighted by Crippen LogP contribution is -2.26. The molecule has 0 bridgehead atoms. The first-order valence-corrected chi connectivity index (χ1v) is 8.06. The number of rotatable bonds is 6. The van der Waals surface area contributed by atoms with Crippen LogP contribution in [0.5, 0.6) is 0 Å². The predicted molar refractivity (Wildman–Crippen MR) is 82.3 cm³/mol. The molecule has 0 radical (unpaired) electrons. The van der Waals surface area contributed by atoms with Gasteiger partial charge in [0.2, 0.25) is 0 Å². The molecule has 1 unspecified atom stereocenters. The van der Waals surface area contributed by atoms with E-state index in [1.54, 1.807) is 24.5 Å². The molecule has 1 atom stereocenters. The number of ether oxygens (including phenoxy) is 1. The molecule has 0 amide bonds. The molecule has 1 N–H and O–H groups in total. The van der Waals surface area contributed by atoms with Crippen LogP contribution in [0.2, 0.25) is 0 Å². The Balaban J connectivity index is 1.89. The van der Waals surface area contributed by atoms with Gasteiger partial charge in [0.1, 0.15) is 10.8 Å². The zero-order chi connectivity index (χ0) is 14.7. The van der Waals surface area contributed by atoms with E-state index < -0.39 is 0 Å². The van der Waals surface area contributed by atoms with E-state index in [2.05, 4.69) is 5.32 Å². The highest BCUT2D eigenvalue weighted by Gasteiger charge is 2.24. The summed E-state index contributed by atoms with van der Waals surface area (Å²) in [5.74, 6) is -0.192. The molecule has 5 heteroatoms. The van der Waals surface area contributed by atoms with Crippen molar-refractivity contribution in [3.05, 3.63) is 51.2 Å². The smallest absolute Gasteiger partial charge is 0.128 e. The number of thiazole rings is 1. The van der Waals surface area contributed by atoms with Crippen LogP contribution in [0.15, 0.2) is 24.3 Å². The number of hydrogen-bond donors (Lipinski definition) is 1. The summed E-state index contributed by atoms with van der Waals surface area (Å²) in [5, 5.41) is 4.32. The Morgan fingerprint density at radius 1 is 1.38 bits per heavy atom. The highest BCUT2D eigenvalue weighted by atomic mass is 32.1. The van der Waals surface area contributed by atoms with Crippen LogP contribution in [0.1, 0.15) is 33.6 Å². The van der Waals surface area contributed by atoms with E-state index >= 15 is 0 Å². The second kappa shape index (κ2) is 6.64. The van der Waals surface area contributed by atoms with Gasteiger partial charge in [-0.15, -0.1) is 11.3 Å². The van der Waals surface area contributed by atoms with E-state index in [1.165, 1.54) is 23.1 Å². The number of benzene rings is 1. The Morgan fingerprint density at radius 2 is 2.24 bits per heavy atom. The molecule has 0 spiro atoms. The standard InChI is InChI=1S/C16H19FN2OS/c1-20-10-9-18-15(11-5-2-3-6-12(11)17)16-19-13-7-4-8-14(13)21-16/h2-3,5-6,15,18H,4,7-10H2,1H3. The zero-order valence-corrected chi connectivity index (χ0v) is 12.9. The maximum absolute atomic E-state index is 14.1. The van der Waals surface area contributed by atoms with Crippen molar-refractivity contribution in [3.63, 3.8) is 0 Å². The average Bonchev–Trinajstić information content (AvgIpc) is 3.06. The van der Waals surface area contributed by atoms with Gasteiger partial charge in [-0.05, 0) is 25.3 Å². The number of aryl methyl sites for hydroxylation is 2. The van der Waals surface area contributed by atoms with Crippen LogP contribution in [0.3, 0.4) is 0 Å². The van der Waals surface area contributed by atoms with Crippen LogP contribution in [-0.2, 0) is 17.6 Å². The maximum atomic E-state index is 14.1. The Hall–Kier alpha value is -1.30. The van der Waals surface area contributed by atoms with E-state index in [4.69, 9.17) is 9.72 Å². The number of methoxy groups -OCH3 is 1. The molecule has 0 aliphatic heterocycles. The molecule has 0 saturated carbocycles. The van der Waals surface area contributed by atoms with E-state index in [1.807, 2.05) is 12.1 Å². The molecule has 1 aliphatic rings. The third kappa shape index (κ3) is 3.15. The number of aromatic nitrogens is 1. The fourth-order valence-corrected chi connectivity index (χ4v) is 3.93. The van der Waals surface area contributed by atoms with Crippen molar-refractivity contribution in [2.24, 2.45) is 0 Å². The first-order valence-electron chi connectivity index (χ1n) is 7.25. The molecule has 3 rings (SSSR count). The van der Waals surface area contributed by atoms with Crippen LogP contribution in [0, 0.1) is 5.82 Å². The van der Waals surface area contributed by atoms with Crippen LogP contribution in [0.25, 0.3) is 0 Å². The Kier molecular flexibility index (Phi) is 4.63. The highest BCUT2D eigenvalue weighted by Crippen LogP contribution is 2.33. The fourth-order valence-electron chi connectivity index (χ4n) is 2.68. The zero-order valence-electron chi connectivity index (χ0n) is 12.1. The number of halogens is 1. The molecule has 0 fully saturated rings. The summed E-state index contributed by atoms with van der Waals surface area (Å²) in [6.07, 6.45) is 3.35. The lowest BCUT2D eigenvalue weighted by Gasteiger charge is -2.17. The number of fused-ring (bicyclic) bond motifs is 1. The molecule has 1 heterocycles. The monoisotopic (exact) mass is 306 g/mol. The first-order chi connectivity index (χ1) is 10.3. The molecule has 1 aliphatic carbocycles. The molecule has 1 aromatic heterocycles.